The van der Waals surface area contributed by atoms with Gasteiger partial charge in [-0.3, -0.25) is 19.7 Å². The third-order valence-electron chi connectivity index (χ3n) is 6.95. The van der Waals surface area contributed by atoms with Crippen molar-refractivity contribution in [3.05, 3.63) is 64.7 Å². The first-order valence-corrected chi connectivity index (χ1v) is 14.5. The van der Waals surface area contributed by atoms with Gasteiger partial charge in [0.15, 0.2) is 6.04 Å². The minimum absolute atomic E-state index is 0.0131. The van der Waals surface area contributed by atoms with E-state index < -0.39 is 41.4 Å². The number of nitrogens with zero attached hydrogens (tertiary/aromatic N) is 2. The summed E-state index contributed by atoms with van der Waals surface area (Å²) in [5.74, 6) is -1.68. The number of nitrogens with one attached hydrogen (secondary N) is 4. The van der Waals surface area contributed by atoms with E-state index in [2.05, 4.69) is 21.3 Å². The number of furan rings is 1. The van der Waals surface area contributed by atoms with E-state index in [9.17, 15) is 28.4 Å². The lowest BCUT2D eigenvalue weighted by molar-refractivity contribution is -0.120. The van der Waals surface area contributed by atoms with Crippen molar-refractivity contribution in [2.75, 3.05) is 40.3 Å². The lowest BCUT2D eigenvalue weighted by Crippen LogP contribution is -2.39. The van der Waals surface area contributed by atoms with Gasteiger partial charge in [-0.25, -0.2) is 14.0 Å². The molecule has 0 spiro atoms. The number of carbonyl (C=O) groups is 5. The van der Waals surface area contributed by atoms with Crippen LogP contribution in [0.2, 0.25) is 0 Å². The minimum Gasteiger partial charge on any atom is -0.508 e. The average molecular weight is 641 g/mol. The van der Waals surface area contributed by atoms with E-state index in [0.29, 0.717) is 37.1 Å². The summed E-state index contributed by atoms with van der Waals surface area (Å²) < 4.78 is 25.2. The number of urea groups is 1. The minimum atomic E-state index is -1.01. The third-order valence-corrected chi connectivity index (χ3v) is 6.95. The van der Waals surface area contributed by atoms with Gasteiger partial charge in [-0.15, -0.1) is 0 Å². The van der Waals surface area contributed by atoms with Gasteiger partial charge >= 0.3 is 12.1 Å². The summed E-state index contributed by atoms with van der Waals surface area (Å²) in [6, 6.07) is 7.12. The molecule has 2 aliphatic heterocycles. The summed E-state index contributed by atoms with van der Waals surface area (Å²) in [7, 11) is 3.57. The molecule has 0 radical (unpaired) electrons. The number of carbonyl (C=O) groups excluding carboxylic acids is 5. The molecule has 3 aromatic rings. The zero-order valence-electron chi connectivity index (χ0n) is 26.2. The summed E-state index contributed by atoms with van der Waals surface area (Å²) in [5, 5.41) is 19.3. The fourth-order valence-corrected chi connectivity index (χ4v) is 4.68. The van der Waals surface area contributed by atoms with Crippen molar-refractivity contribution in [3.63, 3.8) is 0 Å². The summed E-state index contributed by atoms with van der Waals surface area (Å²) >= 11 is 0. The molecule has 14 nitrogen and oxygen atoms in total. The highest BCUT2D eigenvalue weighted by Gasteiger charge is 2.34. The average Bonchev–Trinajstić information content (AvgIpc) is 3.61. The third kappa shape index (κ3) is 8.50. The Labute approximate surface area is 264 Å². The first-order chi connectivity index (χ1) is 21.6. The SMILES string of the molecule is CN(CCNC(=O)OC(C)(C)C)CCNC(=O)c1cc2cc(C3NC(=O)NC3=O)oc2cc1F.CN1Cc2ccc(O)cc2C1=O. The van der Waals surface area contributed by atoms with Crippen molar-refractivity contribution in [2.24, 2.45) is 0 Å². The molecule has 2 aliphatic rings. The molecular formula is C31H37FN6O8. The van der Waals surface area contributed by atoms with E-state index in [-0.39, 0.29) is 35.1 Å². The van der Waals surface area contributed by atoms with Gasteiger partial charge in [-0.1, -0.05) is 6.07 Å². The highest BCUT2D eigenvalue weighted by atomic mass is 19.1. The van der Waals surface area contributed by atoms with Gasteiger partial charge in [-0.2, -0.15) is 0 Å². The molecule has 0 aliphatic carbocycles. The first kappa shape index (κ1) is 33.7. The maximum absolute atomic E-state index is 14.5. The summed E-state index contributed by atoms with van der Waals surface area (Å²) in [4.78, 5) is 62.1. The van der Waals surface area contributed by atoms with E-state index in [0.717, 1.165) is 11.6 Å². The van der Waals surface area contributed by atoms with Crippen LogP contribution in [-0.4, -0.2) is 90.6 Å². The second-order valence-corrected chi connectivity index (χ2v) is 11.9. The fraction of sp³-hybridized carbons (Fsp3) is 0.387. The van der Waals surface area contributed by atoms with Crippen LogP contribution in [0.15, 0.2) is 40.8 Å². The topological polar surface area (TPSA) is 183 Å². The zero-order valence-corrected chi connectivity index (χ0v) is 26.2. The lowest BCUT2D eigenvalue weighted by Gasteiger charge is -2.21. The molecule has 1 atom stereocenters. The molecule has 15 heteroatoms. The van der Waals surface area contributed by atoms with Crippen LogP contribution in [0.1, 0.15) is 58.9 Å². The van der Waals surface area contributed by atoms with Crippen molar-refractivity contribution < 1.29 is 42.6 Å². The molecule has 46 heavy (non-hydrogen) atoms. The van der Waals surface area contributed by atoms with Crippen molar-refractivity contribution >= 4 is 40.8 Å². The number of rotatable bonds is 8. The Bertz CT molecular complexity index is 1670. The molecule has 1 aromatic heterocycles. The first-order valence-electron chi connectivity index (χ1n) is 14.5. The molecule has 2 aromatic carbocycles. The Morgan fingerprint density at radius 1 is 1.11 bits per heavy atom. The molecule has 0 bridgehead atoms. The van der Waals surface area contributed by atoms with Crippen LogP contribution in [-0.2, 0) is 16.1 Å². The van der Waals surface area contributed by atoms with Gasteiger partial charge < -0.3 is 40.0 Å². The molecule has 0 saturated carbocycles. The fourth-order valence-electron chi connectivity index (χ4n) is 4.68. The molecule has 1 fully saturated rings. The number of halogens is 1. The van der Waals surface area contributed by atoms with Gasteiger partial charge in [0.25, 0.3) is 17.7 Å². The Morgan fingerprint density at radius 2 is 1.80 bits per heavy atom. The number of ether oxygens (including phenoxy) is 1. The standard InChI is InChI=1S/C22H28FN5O6.C9H9NO2/c1-22(2,3)34-21(32)25-6-8-28(4)7-5-24-18(29)13-9-12-10-16(33-15(12)11-14(13)23)17-19(30)27-20(31)26-17;1-10-5-6-2-3-7(11)4-8(6)9(10)12/h9-11,17H,5-8H2,1-4H3,(H,24,29)(H,25,32)(H2,26,27,30,31);2-4,11H,5H2,1H3. The van der Waals surface area contributed by atoms with Crippen LogP contribution < -0.4 is 21.3 Å². The highest BCUT2D eigenvalue weighted by Crippen LogP contribution is 2.28. The quantitative estimate of drug-likeness (QED) is 0.231. The number of hydrogen-bond donors (Lipinski definition) is 5. The van der Waals surface area contributed by atoms with Crippen molar-refractivity contribution in [1.29, 1.82) is 0 Å². The van der Waals surface area contributed by atoms with Crippen LogP contribution in [0.4, 0.5) is 14.0 Å². The van der Waals surface area contributed by atoms with Gasteiger partial charge in [-0.05, 0) is 57.6 Å². The van der Waals surface area contributed by atoms with Gasteiger partial charge in [0.2, 0.25) is 0 Å². The number of phenols is 1. The molecule has 3 heterocycles. The molecule has 5 rings (SSSR count). The van der Waals surface area contributed by atoms with Gasteiger partial charge in [0.1, 0.15) is 28.5 Å². The maximum atomic E-state index is 14.5. The lowest BCUT2D eigenvalue weighted by atomic mass is 10.1. The largest absolute Gasteiger partial charge is 0.508 e. The predicted molar refractivity (Wildman–Crippen MR) is 164 cm³/mol. The Balaban J connectivity index is 0.000000331. The number of hydrogen-bond acceptors (Lipinski definition) is 9. The summed E-state index contributed by atoms with van der Waals surface area (Å²) in [5.41, 5.74) is 1.01. The van der Waals surface area contributed by atoms with Crippen molar-refractivity contribution in [2.45, 2.75) is 39.0 Å². The molecule has 1 unspecified atom stereocenters. The van der Waals surface area contributed by atoms with Crippen LogP contribution >= 0.6 is 0 Å². The van der Waals surface area contributed by atoms with Crippen LogP contribution in [0.25, 0.3) is 11.0 Å². The molecule has 246 valence electrons. The normalized spacial score (nSPS) is 15.7. The smallest absolute Gasteiger partial charge is 0.407 e. The number of phenolic OH excluding ortho intramolecular Hbond substituents is 1. The number of imide groups is 1. The van der Waals surface area contributed by atoms with Crippen LogP contribution in [0, 0.1) is 5.82 Å². The summed E-state index contributed by atoms with van der Waals surface area (Å²) in [6.07, 6.45) is -0.501. The number of likely N-dealkylation sites (N-methyl/N-ethyl adjacent to an activating group) is 1. The number of aromatic hydroxyl groups is 1. The Morgan fingerprint density at radius 3 is 2.46 bits per heavy atom. The van der Waals surface area contributed by atoms with Crippen LogP contribution in [0.3, 0.4) is 0 Å². The summed E-state index contributed by atoms with van der Waals surface area (Å²) in [6.45, 7) is 7.60. The molecular weight excluding hydrogens is 603 g/mol. The number of alkyl carbamates (subject to hydrolysis) is 1. The van der Waals surface area contributed by atoms with Crippen molar-refractivity contribution in [3.8, 4) is 5.75 Å². The molecule has 5 N–H and O–H groups in total. The van der Waals surface area contributed by atoms with E-state index in [1.54, 1.807) is 44.9 Å². The van der Waals surface area contributed by atoms with E-state index in [1.807, 2.05) is 11.9 Å². The maximum Gasteiger partial charge on any atom is 0.407 e. The predicted octanol–water partition coefficient (Wildman–Crippen LogP) is 2.62. The van der Waals surface area contributed by atoms with Crippen LogP contribution in [0.5, 0.6) is 5.75 Å². The molecule has 1 saturated heterocycles. The second kappa shape index (κ2) is 13.9. The zero-order chi connectivity index (χ0) is 33.8. The monoisotopic (exact) mass is 640 g/mol. The van der Waals surface area contributed by atoms with E-state index in [1.165, 1.54) is 18.2 Å². The van der Waals surface area contributed by atoms with Gasteiger partial charge in [0.05, 0.1) is 5.56 Å². The van der Waals surface area contributed by atoms with Gasteiger partial charge in [0, 0.05) is 56.8 Å². The number of amides is 6. The number of benzene rings is 2. The second-order valence-electron chi connectivity index (χ2n) is 11.9. The Hall–Kier alpha value is -5.18. The van der Waals surface area contributed by atoms with E-state index >= 15 is 0 Å². The number of fused-ring (bicyclic) bond motifs is 2. The van der Waals surface area contributed by atoms with Crippen molar-refractivity contribution in [1.82, 2.24) is 31.1 Å². The molecule has 6 amide bonds. The van der Waals surface area contributed by atoms with E-state index in [4.69, 9.17) is 14.3 Å². The Kier molecular flexibility index (Phi) is 10.2. The highest BCUT2D eigenvalue weighted by molar-refractivity contribution is 6.05.